The first kappa shape index (κ1) is 15.4. The average Bonchev–Trinajstić information content (AvgIpc) is 2.62. The van der Waals surface area contributed by atoms with Gasteiger partial charge in [-0.1, -0.05) is 13.8 Å². The van der Waals surface area contributed by atoms with E-state index in [4.69, 9.17) is 11.6 Å². The van der Waals surface area contributed by atoms with Gasteiger partial charge in [0.25, 0.3) is 0 Å². The smallest absolute Gasteiger partial charge is 0.209 e. The Kier molecular flexibility index (Phi) is 5.92. The molecule has 0 aliphatic rings. The van der Waals surface area contributed by atoms with Crippen molar-refractivity contribution in [2.75, 3.05) is 6.54 Å². The van der Waals surface area contributed by atoms with E-state index < -0.39 is 10.0 Å². The fraction of sp³-hybridized carbons (Fsp3) is 0.600. The van der Waals surface area contributed by atoms with Crippen LogP contribution in [-0.2, 0) is 10.0 Å². The molecule has 0 amide bonds. The molecule has 0 saturated carbocycles. The van der Waals surface area contributed by atoms with Crippen LogP contribution in [0.25, 0.3) is 0 Å². The number of hydrogen-bond donors (Lipinski definition) is 1. The van der Waals surface area contributed by atoms with E-state index in [9.17, 15) is 8.42 Å². The summed E-state index contributed by atoms with van der Waals surface area (Å²) >= 11 is 10.5. The highest BCUT2D eigenvalue weighted by Gasteiger charge is 2.18. The van der Waals surface area contributed by atoms with E-state index in [1.807, 2.05) is 0 Å². The monoisotopic (exact) mass is 359 g/mol. The van der Waals surface area contributed by atoms with E-state index >= 15 is 0 Å². The van der Waals surface area contributed by atoms with Gasteiger partial charge in [0.05, 0.1) is 3.79 Å². The van der Waals surface area contributed by atoms with Crippen LogP contribution in [0, 0.1) is 5.92 Å². The van der Waals surface area contributed by atoms with Crippen molar-refractivity contribution < 1.29 is 8.42 Å². The molecule has 0 fully saturated rings. The standard InChI is InChI=1S/C10H15BrClNO2S2/c1-7(2)5-8(12)6-13-17(14,15)10-4-3-9(11)16-10/h3-4,7-8,13H,5-6H2,1-2H3. The predicted octanol–water partition coefficient (Wildman–Crippen LogP) is 3.44. The molecule has 3 nitrogen and oxygen atoms in total. The first-order chi connectivity index (χ1) is 7.81. The van der Waals surface area contributed by atoms with Crippen LogP contribution in [0.4, 0.5) is 0 Å². The second kappa shape index (κ2) is 6.52. The van der Waals surface area contributed by atoms with Gasteiger partial charge in [0.1, 0.15) is 4.21 Å². The van der Waals surface area contributed by atoms with Crippen molar-refractivity contribution in [2.45, 2.75) is 29.9 Å². The molecule has 1 heterocycles. The largest absolute Gasteiger partial charge is 0.250 e. The fourth-order valence-electron chi connectivity index (χ4n) is 1.31. The summed E-state index contributed by atoms with van der Waals surface area (Å²) in [6, 6.07) is 3.29. The van der Waals surface area contributed by atoms with Crippen molar-refractivity contribution in [3.05, 3.63) is 15.9 Å². The Bertz CT molecular complexity index is 459. The van der Waals surface area contributed by atoms with Gasteiger partial charge in [-0.3, -0.25) is 0 Å². The third-order valence-corrected chi connectivity index (χ3v) is 5.91. The molecular weight excluding hydrogens is 346 g/mol. The topological polar surface area (TPSA) is 46.2 Å². The van der Waals surface area contributed by atoms with Gasteiger partial charge in [-0.2, -0.15) is 0 Å². The number of hydrogen-bond acceptors (Lipinski definition) is 3. The quantitative estimate of drug-likeness (QED) is 0.790. The third-order valence-electron chi connectivity index (χ3n) is 2.04. The van der Waals surface area contributed by atoms with Crippen LogP contribution in [0.15, 0.2) is 20.1 Å². The summed E-state index contributed by atoms with van der Waals surface area (Å²) in [6.07, 6.45) is 0.790. The van der Waals surface area contributed by atoms with E-state index in [1.165, 1.54) is 11.3 Å². The van der Waals surface area contributed by atoms with Crippen molar-refractivity contribution in [3.8, 4) is 0 Å². The molecule has 0 aliphatic heterocycles. The normalized spacial score (nSPS) is 14.2. The van der Waals surface area contributed by atoms with Crippen LogP contribution in [-0.4, -0.2) is 20.3 Å². The first-order valence-electron chi connectivity index (χ1n) is 5.20. The minimum Gasteiger partial charge on any atom is -0.209 e. The molecule has 0 spiro atoms. The van der Waals surface area contributed by atoms with E-state index in [0.717, 1.165) is 10.2 Å². The highest BCUT2D eigenvalue weighted by Crippen LogP contribution is 2.25. The fourth-order valence-corrected chi connectivity index (χ4v) is 4.97. The number of thiophene rings is 1. The molecule has 0 aliphatic carbocycles. The van der Waals surface area contributed by atoms with Gasteiger partial charge in [-0.15, -0.1) is 22.9 Å². The van der Waals surface area contributed by atoms with Crippen LogP contribution in [0.5, 0.6) is 0 Å². The van der Waals surface area contributed by atoms with E-state index in [-0.39, 0.29) is 11.9 Å². The molecule has 17 heavy (non-hydrogen) atoms. The van der Waals surface area contributed by atoms with E-state index in [0.29, 0.717) is 10.1 Å². The summed E-state index contributed by atoms with van der Waals surface area (Å²) in [5, 5.41) is -0.173. The Hall–Kier alpha value is 0.380. The zero-order valence-electron chi connectivity index (χ0n) is 9.61. The molecule has 1 unspecified atom stereocenters. The molecule has 1 N–H and O–H groups in total. The molecule has 0 radical (unpaired) electrons. The van der Waals surface area contributed by atoms with Gasteiger partial charge in [-0.25, -0.2) is 13.1 Å². The van der Waals surface area contributed by atoms with Gasteiger partial charge in [0.2, 0.25) is 10.0 Å². The maximum atomic E-state index is 11.9. The summed E-state index contributed by atoms with van der Waals surface area (Å²) in [7, 11) is -3.42. The van der Waals surface area contributed by atoms with Crippen LogP contribution in [0.2, 0.25) is 0 Å². The molecule has 1 atom stereocenters. The zero-order chi connectivity index (χ0) is 13.1. The van der Waals surface area contributed by atoms with Crippen LogP contribution in [0.3, 0.4) is 0 Å². The van der Waals surface area contributed by atoms with Crippen molar-refractivity contribution in [1.29, 1.82) is 0 Å². The molecule has 0 saturated heterocycles. The lowest BCUT2D eigenvalue weighted by Crippen LogP contribution is -2.30. The number of nitrogens with one attached hydrogen (secondary N) is 1. The lowest BCUT2D eigenvalue weighted by atomic mass is 10.1. The Morgan fingerprint density at radius 2 is 2.12 bits per heavy atom. The van der Waals surface area contributed by atoms with E-state index in [2.05, 4.69) is 34.5 Å². The third kappa shape index (κ3) is 5.26. The molecule has 1 rings (SSSR count). The lowest BCUT2D eigenvalue weighted by Gasteiger charge is -2.12. The van der Waals surface area contributed by atoms with Gasteiger partial charge in [-0.05, 0) is 40.4 Å². The number of rotatable bonds is 6. The minimum atomic E-state index is -3.42. The lowest BCUT2D eigenvalue weighted by molar-refractivity contribution is 0.545. The maximum Gasteiger partial charge on any atom is 0.250 e. The van der Waals surface area contributed by atoms with Gasteiger partial charge < -0.3 is 0 Å². The molecule has 1 aromatic heterocycles. The highest BCUT2D eigenvalue weighted by atomic mass is 79.9. The Balaban J connectivity index is 2.56. The van der Waals surface area contributed by atoms with Gasteiger partial charge in [0.15, 0.2) is 0 Å². The summed E-state index contributed by atoms with van der Waals surface area (Å²) < 4.78 is 27.3. The highest BCUT2D eigenvalue weighted by molar-refractivity contribution is 9.11. The second-order valence-corrected chi connectivity index (χ2v) is 9.21. The summed E-state index contributed by atoms with van der Waals surface area (Å²) in [5.74, 6) is 0.456. The predicted molar refractivity (Wildman–Crippen MR) is 76.3 cm³/mol. The van der Waals surface area contributed by atoms with Gasteiger partial charge >= 0.3 is 0 Å². The second-order valence-electron chi connectivity index (χ2n) is 4.14. The molecule has 7 heteroatoms. The number of sulfonamides is 1. The summed E-state index contributed by atoms with van der Waals surface area (Å²) in [5.41, 5.74) is 0. The number of alkyl halides is 1. The molecule has 0 bridgehead atoms. The van der Waals surface area contributed by atoms with E-state index in [1.54, 1.807) is 12.1 Å². The van der Waals surface area contributed by atoms with Crippen LogP contribution < -0.4 is 4.72 Å². The van der Waals surface area contributed by atoms with Crippen LogP contribution in [0.1, 0.15) is 20.3 Å². The van der Waals surface area contributed by atoms with Crippen molar-refractivity contribution in [3.63, 3.8) is 0 Å². The Labute approximate surface area is 120 Å². The minimum absolute atomic E-state index is 0.173. The van der Waals surface area contributed by atoms with Crippen molar-refractivity contribution in [1.82, 2.24) is 4.72 Å². The van der Waals surface area contributed by atoms with Crippen molar-refractivity contribution >= 4 is 48.9 Å². The summed E-state index contributed by atoms with van der Waals surface area (Å²) in [6.45, 7) is 4.37. The molecule has 98 valence electrons. The average molecular weight is 361 g/mol. The summed E-state index contributed by atoms with van der Waals surface area (Å²) in [4.78, 5) is 0. The molecule has 0 aromatic carbocycles. The Morgan fingerprint density at radius 3 is 2.59 bits per heavy atom. The SMILES string of the molecule is CC(C)CC(Cl)CNS(=O)(=O)c1ccc(Br)s1. The number of halogens is 2. The van der Waals surface area contributed by atoms with Crippen molar-refractivity contribution in [2.24, 2.45) is 5.92 Å². The van der Waals surface area contributed by atoms with Gasteiger partial charge in [0, 0.05) is 11.9 Å². The first-order valence-corrected chi connectivity index (χ1v) is 8.73. The van der Waals surface area contributed by atoms with Crippen LogP contribution >= 0.6 is 38.9 Å². The zero-order valence-corrected chi connectivity index (χ0v) is 13.6. The Morgan fingerprint density at radius 1 is 1.47 bits per heavy atom. The maximum absolute atomic E-state index is 11.9. The molecular formula is C10H15BrClNO2S2. The molecule has 1 aromatic rings.